The molecule has 0 radical (unpaired) electrons. The number of ether oxygens (including phenoxy) is 2. The van der Waals surface area contributed by atoms with Crippen LogP contribution in [0, 0.1) is 6.92 Å². The van der Waals surface area contributed by atoms with Gasteiger partial charge in [-0.05, 0) is 42.8 Å². The molecule has 0 bridgehead atoms. The molecule has 0 aliphatic rings. The van der Waals surface area contributed by atoms with E-state index in [1.165, 1.54) is 25.3 Å². The van der Waals surface area contributed by atoms with E-state index in [1.807, 2.05) is 0 Å². The first-order valence-corrected chi connectivity index (χ1v) is 9.52. The molecule has 6 nitrogen and oxygen atoms in total. The van der Waals surface area contributed by atoms with E-state index in [9.17, 15) is 13.2 Å². The molecule has 2 aromatic rings. The molecule has 0 amide bonds. The lowest BCUT2D eigenvalue weighted by molar-refractivity contribution is -0.108. The summed E-state index contributed by atoms with van der Waals surface area (Å²) in [4.78, 5) is 10.3. The Morgan fingerprint density at radius 2 is 1.84 bits per heavy atom. The molecule has 0 saturated heterocycles. The van der Waals surface area contributed by atoms with E-state index in [4.69, 9.17) is 13.7 Å². The van der Waals surface area contributed by atoms with E-state index in [-0.39, 0.29) is 29.4 Å². The highest BCUT2D eigenvalue weighted by Crippen LogP contribution is 2.31. The molecule has 0 unspecified atom stereocenters. The maximum absolute atomic E-state index is 12.6. The minimum atomic E-state index is -4.10. The first-order valence-electron chi connectivity index (χ1n) is 7.32. The third-order valence-electron chi connectivity index (χ3n) is 3.13. The molecule has 0 spiro atoms. The highest BCUT2D eigenvalue weighted by atomic mass is 79.9. The lowest BCUT2D eigenvalue weighted by Crippen LogP contribution is -2.11. The number of hydrogen-bond donors (Lipinski definition) is 0. The van der Waals surface area contributed by atoms with E-state index in [2.05, 4.69) is 15.9 Å². The van der Waals surface area contributed by atoms with Crippen LogP contribution in [0.4, 0.5) is 0 Å². The third-order valence-corrected chi connectivity index (χ3v) is 4.89. The molecule has 25 heavy (non-hydrogen) atoms. The zero-order chi connectivity index (χ0) is 18.4. The Morgan fingerprint density at radius 3 is 2.52 bits per heavy atom. The van der Waals surface area contributed by atoms with Gasteiger partial charge in [-0.1, -0.05) is 15.9 Å². The Bertz CT molecular complexity index is 863. The summed E-state index contributed by atoms with van der Waals surface area (Å²) in [6.45, 7) is 1.99. The van der Waals surface area contributed by atoms with Gasteiger partial charge in [-0.2, -0.15) is 8.42 Å². The molecule has 0 aliphatic heterocycles. The minimum Gasteiger partial charge on any atom is -0.495 e. The van der Waals surface area contributed by atoms with Gasteiger partial charge in [-0.3, -0.25) is 0 Å². The maximum atomic E-state index is 12.6. The average Bonchev–Trinajstić information content (AvgIpc) is 2.54. The van der Waals surface area contributed by atoms with E-state index >= 15 is 0 Å². The van der Waals surface area contributed by atoms with Gasteiger partial charge in [0.1, 0.15) is 28.4 Å². The molecule has 0 N–H and O–H groups in total. The maximum Gasteiger partial charge on any atom is 0.342 e. The van der Waals surface area contributed by atoms with Gasteiger partial charge < -0.3 is 18.5 Å². The zero-order valence-corrected chi connectivity index (χ0v) is 16.1. The van der Waals surface area contributed by atoms with Gasteiger partial charge in [-0.25, -0.2) is 0 Å². The van der Waals surface area contributed by atoms with Crippen molar-refractivity contribution >= 4 is 32.3 Å². The summed E-state index contributed by atoms with van der Waals surface area (Å²) in [5.74, 6) is 0.717. The SMILES string of the molecule is COc1ccc(Br)cc1S(=O)(=O)Oc1cc(C)cc(OCCC=O)c1. The number of halogens is 1. The van der Waals surface area contributed by atoms with Crippen LogP contribution in [0.25, 0.3) is 0 Å². The topological polar surface area (TPSA) is 78.9 Å². The minimum absolute atomic E-state index is 0.0886. The van der Waals surface area contributed by atoms with E-state index in [0.29, 0.717) is 10.2 Å². The van der Waals surface area contributed by atoms with Crippen molar-refractivity contribution in [3.8, 4) is 17.2 Å². The van der Waals surface area contributed by atoms with Crippen LogP contribution in [-0.4, -0.2) is 28.4 Å². The van der Waals surface area contributed by atoms with Crippen LogP contribution in [-0.2, 0) is 14.9 Å². The number of carbonyl (C=O) groups is 1. The first-order chi connectivity index (χ1) is 11.9. The Kier molecular flexibility index (Phi) is 6.44. The molecule has 0 heterocycles. The van der Waals surface area contributed by atoms with Crippen molar-refractivity contribution < 1.29 is 26.9 Å². The van der Waals surface area contributed by atoms with Gasteiger partial charge in [0.05, 0.1) is 13.7 Å². The third kappa shape index (κ3) is 5.20. The molecule has 0 aromatic heterocycles. The monoisotopic (exact) mass is 428 g/mol. The fourth-order valence-electron chi connectivity index (χ4n) is 2.09. The Hall–Kier alpha value is -2.06. The van der Waals surface area contributed by atoms with Crippen LogP contribution in [0.3, 0.4) is 0 Å². The van der Waals surface area contributed by atoms with Crippen molar-refractivity contribution in [2.24, 2.45) is 0 Å². The summed E-state index contributed by atoms with van der Waals surface area (Å²) in [6, 6.07) is 9.37. The van der Waals surface area contributed by atoms with E-state index < -0.39 is 10.1 Å². The molecule has 0 saturated carbocycles. The molecule has 0 aliphatic carbocycles. The van der Waals surface area contributed by atoms with Crippen molar-refractivity contribution in [3.05, 3.63) is 46.4 Å². The van der Waals surface area contributed by atoms with E-state index in [0.717, 1.165) is 11.8 Å². The van der Waals surface area contributed by atoms with Crippen molar-refractivity contribution in [1.82, 2.24) is 0 Å². The van der Waals surface area contributed by atoms with Crippen LogP contribution < -0.4 is 13.7 Å². The number of rotatable bonds is 8. The average molecular weight is 429 g/mol. The van der Waals surface area contributed by atoms with Crippen LogP contribution in [0.1, 0.15) is 12.0 Å². The van der Waals surface area contributed by atoms with Crippen molar-refractivity contribution in [1.29, 1.82) is 0 Å². The molecule has 0 atom stereocenters. The Labute approximate surface area is 155 Å². The van der Waals surface area contributed by atoms with Gasteiger partial charge in [0.25, 0.3) is 0 Å². The second-order valence-corrected chi connectivity index (χ2v) is 7.55. The Morgan fingerprint density at radius 1 is 1.12 bits per heavy atom. The van der Waals surface area contributed by atoms with Crippen molar-refractivity contribution in [2.45, 2.75) is 18.2 Å². The number of carbonyl (C=O) groups excluding carboxylic acids is 1. The summed E-state index contributed by atoms with van der Waals surface area (Å²) in [5, 5.41) is 0. The van der Waals surface area contributed by atoms with Gasteiger partial charge in [-0.15, -0.1) is 0 Å². The summed E-state index contributed by atoms with van der Waals surface area (Å²) in [7, 11) is -2.72. The Balaban J connectivity index is 2.31. The molecular weight excluding hydrogens is 412 g/mol. The normalized spacial score (nSPS) is 11.0. The standard InChI is InChI=1S/C17H17BrO6S/c1-12-8-14(23-7-3-6-19)11-15(9-12)24-25(20,21)17-10-13(18)4-5-16(17)22-2/h4-6,8-11H,3,7H2,1-2H3. The number of benzene rings is 2. The van der Waals surface area contributed by atoms with Gasteiger partial charge in [0.2, 0.25) is 0 Å². The second-order valence-electron chi connectivity index (χ2n) is 5.12. The first kappa shape index (κ1) is 19.3. The van der Waals surface area contributed by atoms with Crippen LogP contribution >= 0.6 is 15.9 Å². The number of methoxy groups -OCH3 is 1. The van der Waals surface area contributed by atoms with Gasteiger partial charge in [0, 0.05) is 17.0 Å². The largest absolute Gasteiger partial charge is 0.495 e. The second kappa shape index (κ2) is 8.35. The number of aryl methyl sites for hydroxylation is 1. The number of aldehydes is 1. The predicted molar refractivity (Wildman–Crippen MR) is 95.9 cm³/mol. The molecular formula is C17H17BrO6S. The van der Waals surface area contributed by atoms with Crippen molar-refractivity contribution in [3.63, 3.8) is 0 Å². The lowest BCUT2D eigenvalue weighted by Gasteiger charge is -2.13. The van der Waals surface area contributed by atoms with Crippen LogP contribution in [0.15, 0.2) is 45.8 Å². The van der Waals surface area contributed by atoms with Crippen molar-refractivity contribution in [2.75, 3.05) is 13.7 Å². The summed E-state index contributed by atoms with van der Waals surface area (Å²) in [5.41, 5.74) is 0.759. The quantitative estimate of drug-likeness (QED) is 0.363. The van der Waals surface area contributed by atoms with E-state index in [1.54, 1.807) is 25.1 Å². The van der Waals surface area contributed by atoms with Gasteiger partial charge >= 0.3 is 10.1 Å². The highest BCUT2D eigenvalue weighted by Gasteiger charge is 2.23. The van der Waals surface area contributed by atoms with Crippen LogP contribution in [0.2, 0.25) is 0 Å². The van der Waals surface area contributed by atoms with Crippen LogP contribution in [0.5, 0.6) is 17.2 Å². The summed E-state index contributed by atoms with van der Waals surface area (Å²) in [6.07, 6.45) is 0.995. The number of hydrogen-bond acceptors (Lipinski definition) is 6. The molecule has 2 rings (SSSR count). The zero-order valence-electron chi connectivity index (χ0n) is 13.7. The molecule has 2 aromatic carbocycles. The summed E-state index contributed by atoms with van der Waals surface area (Å²) >= 11 is 3.24. The predicted octanol–water partition coefficient (Wildman–Crippen LogP) is 3.50. The summed E-state index contributed by atoms with van der Waals surface area (Å²) < 4.78 is 41.5. The lowest BCUT2D eigenvalue weighted by atomic mass is 10.2. The molecule has 134 valence electrons. The molecule has 8 heteroatoms. The molecule has 0 fully saturated rings. The smallest absolute Gasteiger partial charge is 0.342 e. The fraction of sp³-hybridized carbons (Fsp3) is 0.235. The van der Waals surface area contributed by atoms with Gasteiger partial charge in [0.15, 0.2) is 0 Å². The highest BCUT2D eigenvalue weighted by molar-refractivity contribution is 9.10. The fourth-order valence-corrected chi connectivity index (χ4v) is 3.71.